The second kappa shape index (κ2) is 11.5. The van der Waals surface area contributed by atoms with Crippen LogP contribution in [0.15, 0.2) is 23.1 Å². The van der Waals surface area contributed by atoms with Crippen LogP contribution in [0.25, 0.3) is 22.4 Å². The second-order valence-corrected chi connectivity index (χ2v) is 12.3. The zero-order chi connectivity index (χ0) is 28.5. The van der Waals surface area contributed by atoms with Gasteiger partial charge in [-0.1, -0.05) is 6.92 Å². The van der Waals surface area contributed by atoms with Crippen molar-refractivity contribution in [3.05, 3.63) is 40.3 Å². The summed E-state index contributed by atoms with van der Waals surface area (Å²) in [7, 11) is 0.253. The summed E-state index contributed by atoms with van der Waals surface area (Å²) in [6.07, 6.45) is 5.83. The van der Waals surface area contributed by atoms with E-state index in [1.807, 2.05) is 4.72 Å². The van der Waals surface area contributed by atoms with E-state index < -0.39 is 32.9 Å². The van der Waals surface area contributed by atoms with Gasteiger partial charge in [0, 0.05) is 23.7 Å². The molecule has 0 saturated heterocycles. The van der Waals surface area contributed by atoms with Crippen molar-refractivity contribution in [2.75, 3.05) is 29.9 Å². The molecule has 0 unspecified atom stereocenters. The largest absolute Gasteiger partial charge is 0.351 e. The van der Waals surface area contributed by atoms with Crippen LogP contribution < -0.4 is 15.6 Å². The first-order valence-electron chi connectivity index (χ1n) is 13.1. The minimum absolute atomic E-state index is 0.121. The molecule has 1 saturated carbocycles. The lowest BCUT2D eigenvalue weighted by Gasteiger charge is -2.32. The van der Waals surface area contributed by atoms with E-state index in [1.165, 1.54) is 10.8 Å². The molecule has 0 aliphatic heterocycles. The van der Waals surface area contributed by atoms with Gasteiger partial charge in [-0.15, -0.1) is 0 Å². The van der Waals surface area contributed by atoms with Gasteiger partial charge in [0.1, 0.15) is 16.9 Å². The Morgan fingerprint density at radius 2 is 1.74 bits per heavy atom. The van der Waals surface area contributed by atoms with Gasteiger partial charge in [-0.25, -0.2) is 27.2 Å². The van der Waals surface area contributed by atoms with Crippen LogP contribution in [0.3, 0.4) is 0 Å². The first-order chi connectivity index (χ1) is 18.4. The Kier molecular flexibility index (Phi) is 8.50. The number of nitrogens with one attached hydrogen (secondary N) is 2. The number of rotatable bonds is 9. The molecule has 2 N–H and O–H groups in total. The predicted octanol–water partition coefficient (Wildman–Crippen LogP) is 4.15. The van der Waals surface area contributed by atoms with Crippen molar-refractivity contribution >= 4 is 32.8 Å². The molecule has 1 aliphatic carbocycles. The molecule has 212 valence electrons. The third-order valence-corrected chi connectivity index (χ3v) is 8.42. The Balaban J connectivity index is 1.69. The SMILES string of the molecule is CCCS(=O)(=O)Nc1c(F)cc(-c2nc3cnc(N[C@H]4CC[C@H](N(C)C)CC4)nc3n(C(C)C)c2=O)cc1F. The van der Waals surface area contributed by atoms with E-state index in [4.69, 9.17) is 0 Å². The lowest BCUT2D eigenvalue weighted by atomic mass is 9.91. The topological polar surface area (TPSA) is 122 Å². The van der Waals surface area contributed by atoms with Crippen molar-refractivity contribution in [2.24, 2.45) is 0 Å². The van der Waals surface area contributed by atoms with Gasteiger partial charge in [0.25, 0.3) is 5.56 Å². The quantitative estimate of drug-likeness (QED) is 0.398. The van der Waals surface area contributed by atoms with Crippen LogP contribution in [0.2, 0.25) is 0 Å². The lowest BCUT2D eigenvalue weighted by Crippen LogP contribution is -2.36. The summed E-state index contributed by atoms with van der Waals surface area (Å²) in [6, 6.07) is 2.22. The molecule has 1 fully saturated rings. The first kappa shape index (κ1) is 28.8. The van der Waals surface area contributed by atoms with E-state index >= 15 is 0 Å². The van der Waals surface area contributed by atoms with E-state index in [1.54, 1.807) is 20.8 Å². The molecule has 13 heteroatoms. The van der Waals surface area contributed by atoms with Gasteiger partial charge in [0.05, 0.1) is 11.9 Å². The van der Waals surface area contributed by atoms with Crippen molar-refractivity contribution in [3.8, 4) is 11.3 Å². The molecular weight excluding hydrogens is 528 g/mol. The van der Waals surface area contributed by atoms with Crippen LogP contribution in [0, 0.1) is 11.6 Å². The van der Waals surface area contributed by atoms with Gasteiger partial charge in [-0.05, 0) is 72.2 Å². The third-order valence-electron chi connectivity index (χ3n) is 6.95. The average Bonchev–Trinajstić information content (AvgIpc) is 2.85. The molecule has 1 aromatic carbocycles. The van der Waals surface area contributed by atoms with Gasteiger partial charge in [-0.2, -0.15) is 4.98 Å². The molecule has 0 spiro atoms. The lowest BCUT2D eigenvalue weighted by molar-refractivity contribution is 0.221. The Bertz CT molecular complexity index is 1490. The minimum Gasteiger partial charge on any atom is -0.351 e. The van der Waals surface area contributed by atoms with Gasteiger partial charge in [0.15, 0.2) is 17.3 Å². The number of fused-ring (bicyclic) bond motifs is 1. The van der Waals surface area contributed by atoms with E-state index in [9.17, 15) is 22.0 Å². The molecule has 0 atom stereocenters. The molecule has 0 radical (unpaired) electrons. The van der Waals surface area contributed by atoms with Gasteiger partial charge in [-0.3, -0.25) is 14.1 Å². The monoisotopic (exact) mass is 563 g/mol. The highest BCUT2D eigenvalue weighted by Crippen LogP contribution is 2.28. The molecule has 0 bridgehead atoms. The number of nitrogens with zero attached hydrogens (tertiary/aromatic N) is 5. The number of sulfonamides is 1. The fourth-order valence-electron chi connectivity index (χ4n) is 4.94. The first-order valence-corrected chi connectivity index (χ1v) is 14.8. The number of benzene rings is 1. The standard InChI is InChI=1S/C26H35F2N7O3S/c1-6-11-39(37,38)33-23-19(27)12-16(13-20(23)28)22-25(36)35(15(2)3)24-21(31-22)14-29-26(32-24)30-17-7-9-18(10-8-17)34(4)5/h12-15,17-18,33H,6-11H2,1-5H3,(H,29,30,32)/t17-,18-. The number of hydrogen-bond acceptors (Lipinski definition) is 8. The molecule has 4 rings (SSSR count). The van der Waals surface area contributed by atoms with Crippen LogP contribution in [-0.4, -0.2) is 64.8 Å². The fraction of sp³-hybridized carbons (Fsp3) is 0.538. The summed E-state index contributed by atoms with van der Waals surface area (Å²) >= 11 is 0. The summed E-state index contributed by atoms with van der Waals surface area (Å²) in [6.45, 7) is 5.24. The Labute approximate surface area is 226 Å². The fourth-order valence-corrected chi connectivity index (χ4v) is 6.09. The summed E-state index contributed by atoms with van der Waals surface area (Å²) in [5.74, 6) is -2.20. The van der Waals surface area contributed by atoms with Crippen molar-refractivity contribution in [2.45, 2.75) is 71.0 Å². The highest BCUT2D eigenvalue weighted by molar-refractivity contribution is 7.92. The maximum atomic E-state index is 14.9. The number of halogens is 2. The Morgan fingerprint density at radius 1 is 1.10 bits per heavy atom. The maximum Gasteiger partial charge on any atom is 0.278 e. The number of hydrogen-bond donors (Lipinski definition) is 2. The highest BCUT2D eigenvalue weighted by atomic mass is 32.2. The second-order valence-electron chi connectivity index (χ2n) is 10.5. The van der Waals surface area contributed by atoms with E-state index in [0.29, 0.717) is 17.6 Å². The smallest absolute Gasteiger partial charge is 0.278 e. The van der Waals surface area contributed by atoms with E-state index in [-0.39, 0.29) is 41.0 Å². The summed E-state index contributed by atoms with van der Waals surface area (Å²) in [4.78, 5) is 29.1. The zero-order valence-electron chi connectivity index (χ0n) is 22.8. The van der Waals surface area contributed by atoms with Crippen molar-refractivity contribution in [1.82, 2.24) is 24.4 Å². The van der Waals surface area contributed by atoms with E-state index in [0.717, 1.165) is 37.8 Å². The van der Waals surface area contributed by atoms with Crippen LogP contribution in [0.4, 0.5) is 20.4 Å². The van der Waals surface area contributed by atoms with Crippen LogP contribution >= 0.6 is 0 Å². The summed E-state index contributed by atoms with van der Waals surface area (Å²) < 4.78 is 57.2. The van der Waals surface area contributed by atoms with Gasteiger partial charge in [0.2, 0.25) is 16.0 Å². The third kappa shape index (κ3) is 6.35. The molecule has 1 aliphatic rings. The van der Waals surface area contributed by atoms with Gasteiger partial charge < -0.3 is 10.2 Å². The maximum absolute atomic E-state index is 14.9. The minimum atomic E-state index is -3.92. The Morgan fingerprint density at radius 3 is 2.31 bits per heavy atom. The van der Waals surface area contributed by atoms with Gasteiger partial charge >= 0.3 is 0 Å². The Hall–Kier alpha value is -3.19. The van der Waals surface area contributed by atoms with Crippen LogP contribution in [0.5, 0.6) is 0 Å². The number of aromatic nitrogens is 4. The van der Waals surface area contributed by atoms with Crippen molar-refractivity contribution in [3.63, 3.8) is 0 Å². The predicted molar refractivity (Wildman–Crippen MR) is 148 cm³/mol. The number of anilines is 2. The van der Waals surface area contributed by atoms with E-state index in [2.05, 4.69) is 39.3 Å². The van der Waals surface area contributed by atoms with Crippen LogP contribution in [-0.2, 0) is 10.0 Å². The molecule has 3 aromatic rings. The molecule has 2 aromatic heterocycles. The molecule has 0 amide bonds. The molecule has 10 nitrogen and oxygen atoms in total. The zero-order valence-corrected chi connectivity index (χ0v) is 23.6. The summed E-state index contributed by atoms with van der Waals surface area (Å²) in [5, 5.41) is 3.37. The highest BCUT2D eigenvalue weighted by Gasteiger charge is 2.24. The van der Waals surface area contributed by atoms with Crippen molar-refractivity contribution < 1.29 is 17.2 Å². The van der Waals surface area contributed by atoms with Crippen LogP contribution in [0.1, 0.15) is 58.9 Å². The molecule has 2 heterocycles. The normalized spacial score (nSPS) is 18.2. The molecule has 39 heavy (non-hydrogen) atoms. The average molecular weight is 564 g/mol. The summed E-state index contributed by atoms with van der Waals surface area (Å²) in [5.41, 5.74) is -1.09. The molecular formula is C26H35F2N7O3S. The van der Waals surface area contributed by atoms with Crippen molar-refractivity contribution in [1.29, 1.82) is 0 Å².